The number of nitrogens with zero attached hydrogens (tertiary/aromatic N) is 1. The maximum absolute atomic E-state index is 11.5. The first kappa shape index (κ1) is 25.9. The van der Waals surface area contributed by atoms with Crippen LogP contribution in [0.1, 0.15) is 47.1 Å². The van der Waals surface area contributed by atoms with Gasteiger partial charge in [0.1, 0.15) is 18.0 Å². The minimum atomic E-state index is -0.387. The molecule has 33 heavy (non-hydrogen) atoms. The fourth-order valence-electron chi connectivity index (χ4n) is 2.90. The molecule has 0 aromatic heterocycles. The average Bonchev–Trinajstić information content (AvgIpc) is 2.82. The number of rotatable bonds is 5. The monoisotopic (exact) mass is 456 g/mol. The molecule has 0 radical (unpaired) electrons. The number of benzene rings is 2. The van der Waals surface area contributed by atoms with Crippen LogP contribution in [-0.2, 0) is 16.1 Å². The summed E-state index contributed by atoms with van der Waals surface area (Å²) in [4.78, 5) is 35.4. The summed E-state index contributed by atoms with van der Waals surface area (Å²) >= 11 is 0. The van der Waals surface area contributed by atoms with Crippen LogP contribution < -0.4 is 10.1 Å². The highest BCUT2D eigenvalue weighted by atomic mass is 16.6. The summed E-state index contributed by atoms with van der Waals surface area (Å²) < 4.78 is 15.5. The fraction of sp³-hybridized carbons (Fsp3) is 0.400. The van der Waals surface area contributed by atoms with Gasteiger partial charge in [0.2, 0.25) is 0 Å². The van der Waals surface area contributed by atoms with E-state index >= 15 is 0 Å². The molecule has 0 spiro atoms. The van der Waals surface area contributed by atoms with Crippen molar-refractivity contribution in [2.75, 3.05) is 33.3 Å². The summed E-state index contributed by atoms with van der Waals surface area (Å²) in [6.45, 7) is 9.18. The second kappa shape index (κ2) is 12.6. The molecule has 0 aliphatic carbocycles. The predicted octanol–water partition coefficient (Wildman–Crippen LogP) is 3.69. The van der Waals surface area contributed by atoms with Crippen LogP contribution in [0.4, 0.5) is 4.79 Å². The first-order chi connectivity index (χ1) is 15.7. The number of ether oxygens (including phenoxy) is 3. The van der Waals surface area contributed by atoms with Gasteiger partial charge in [0.05, 0.1) is 18.2 Å². The van der Waals surface area contributed by atoms with E-state index in [1.54, 1.807) is 47.4 Å². The highest BCUT2D eigenvalue weighted by Crippen LogP contribution is 2.17. The van der Waals surface area contributed by atoms with Crippen molar-refractivity contribution in [3.63, 3.8) is 0 Å². The number of piperazine rings is 1. The molecular formula is C25H32N2O6. The van der Waals surface area contributed by atoms with Crippen LogP contribution in [0, 0.1) is 0 Å². The molecule has 1 aliphatic rings. The smallest absolute Gasteiger partial charge is 0.410 e. The first-order valence-corrected chi connectivity index (χ1v) is 10.8. The molecule has 8 heteroatoms. The zero-order chi connectivity index (χ0) is 24.3. The maximum atomic E-state index is 11.5. The van der Waals surface area contributed by atoms with Crippen LogP contribution >= 0.6 is 0 Å². The Kier molecular flexibility index (Phi) is 9.87. The van der Waals surface area contributed by atoms with Gasteiger partial charge in [-0.1, -0.05) is 24.3 Å². The van der Waals surface area contributed by atoms with Crippen molar-refractivity contribution in [3.05, 3.63) is 65.2 Å². The second-order valence-electron chi connectivity index (χ2n) is 8.35. The third-order valence-electron chi connectivity index (χ3n) is 4.58. The van der Waals surface area contributed by atoms with Crippen molar-refractivity contribution >= 4 is 18.3 Å². The molecule has 178 valence electrons. The number of carbonyl (C=O) groups is 3. The van der Waals surface area contributed by atoms with Gasteiger partial charge < -0.3 is 24.4 Å². The SMILES string of the molecule is CC(C)(C)OC(=O)N1CCNCC1.COC(=O)c1ccc(COc2ccccc2C=O)cc1. The van der Waals surface area contributed by atoms with Gasteiger partial charge >= 0.3 is 12.1 Å². The lowest BCUT2D eigenvalue weighted by Crippen LogP contribution is -2.48. The lowest BCUT2D eigenvalue weighted by atomic mass is 10.1. The van der Waals surface area contributed by atoms with Gasteiger partial charge in [-0.05, 0) is 50.6 Å². The molecule has 0 bridgehead atoms. The van der Waals surface area contributed by atoms with Gasteiger partial charge in [-0.15, -0.1) is 0 Å². The number of carbonyl (C=O) groups excluding carboxylic acids is 3. The molecule has 1 heterocycles. The van der Waals surface area contributed by atoms with E-state index in [9.17, 15) is 14.4 Å². The molecule has 3 rings (SSSR count). The standard InChI is InChI=1S/C16H14O4.C9H18N2O2/c1-19-16(18)13-8-6-12(7-9-13)11-20-15-5-3-2-4-14(15)10-17;1-9(2,3)13-8(12)11-6-4-10-5-7-11/h2-10H,11H2,1H3;10H,4-7H2,1-3H3. The van der Waals surface area contributed by atoms with Gasteiger partial charge in [0, 0.05) is 26.2 Å². The Morgan fingerprint density at radius 2 is 1.67 bits per heavy atom. The lowest BCUT2D eigenvalue weighted by Gasteiger charge is -2.30. The lowest BCUT2D eigenvalue weighted by molar-refractivity contribution is 0.0228. The van der Waals surface area contributed by atoms with Crippen molar-refractivity contribution in [1.82, 2.24) is 10.2 Å². The summed E-state index contributed by atoms with van der Waals surface area (Å²) in [5, 5.41) is 3.18. The van der Waals surface area contributed by atoms with E-state index in [4.69, 9.17) is 9.47 Å². The first-order valence-electron chi connectivity index (χ1n) is 10.8. The van der Waals surface area contributed by atoms with E-state index in [-0.39, 0.29) is 17.7 Å². The second-order valence-corrected chi connectivity index (χ2v) is 8.35. The van der Waals surface area contributed by atoms with Gasteiger partial charge in [0.15, 0.2) is 6.29 Å². The molecule has 1 amide bonds. The third-order valence-corrected chi connectivity index (χ3v) is 4.58. The Morgan fingerprint density at radius 3 is 2.24 bits per heavy atom. The number of esters is 1. The van der Waals surface area contributed by atoms with Crippen molar-refractivity contribution in [3.8, 4) is 5.75 Å². The van der Waals surface area contributed by atoms with Gasteiger partial charge in [-0.2, -0.15) is 0 Å². The van der Waals surface area contributed by atoms with Crippen molar-refractivity contribution in [2.24, 2.45) is 0 Å². The quantitative estimate of drug-likeness (QED) is 0.542. The van der Waals surface area contributed by atoms with Crippen molar-refractivity contribution < 1.29 is 28.6 Å². The Hall–Kier alpha value is -3.39. The minimum Gasteiger partial charge on any atom is -0.488 e. The summed E-state index contributed by atoms with van der Waals surface area (Å²) in [5.41, 5.74) is 1.52. The number of para-hydroxylation sites is 1. The number of aldehydes is 1. The van der Waals surface area contributed by atoms with Crippen LogP contribution in [0.3, 0.4) is 0 Å². The van der Waals surface area contributed by atoms with Gasteiger partial charge in [0.25, 0.3) is 0 Å². The Balaban J connectivity index is 0.000000257. The van der Waals surface area contributed by atoms with E-state index in [0.717, 1.165) is 38.0 Å². The third kappa shape index (κ3) is 8.94. The molecular weight excluding hydrogens is 424 g/mol. The molecule has 0 saturated carbocycles. The highest BCUT2D eigenvalue weighted by molar-refractivity contribution is 5.89. The number of methoxy groups -OCH3 is 1. The zero-order valence-corrected chi connectivity index (χ0v) is 19.6. The molecule has 2 aromatic carbocycles. The van der Waals surface area contributed by atoms with Crippen molar-refractivity contribution in [1.29, 1.82) is 0 Å². The number of nitrogens with one attached hydrogen (secondary N) is 1. The van der Waals surface area contributed by atoms with E-state index in [1.165, 1.54) is 7.11 Å². The van der Waals surface area contributed by atoms with E-state index in [0.29, 0.717) is 23.5 Å². The summed E-state index contributed by atoms with van der Waals surface area (Å²) in [6, 6.07) is 14.0. The Morgan fingerprint density at radius 1 is 1.03 bits per heavy atom. The van der Waals surface area contributed by atoms with E-state index in [2.05, 4.69) is 10.1 Å². The van der Waals surface area contributed by atoms with Crippen LogP contribution in [0.15, 0.2) is 48.5 Å². The zero-order valence-electron chi connectivity index (χ0n) is 19.6. The number of amides is 1. The van der Waals surface area contributed by atoms with Crippen LogP contribution in [-0.4, -0.2) is 62.1 Å². The van der Waals surface area contributed by atoms with Crippen LogP contribution in [0.5, 0.6) is 5.75 Å². The summed E-state index contributed by atoms with van der Waals surface area (Å²) in [6.07, 6.45) is 0.560. The Labute approximate surface area is 194 Å². The molecule has 1 N–H and O–H groups in total. The molecule has 1 saturated heterocycles. The average molecular weight is 457 g/mol. The Bertz CT molecular complexity index is 915. The molecule has 1 aliphatic heterocycles. The number of hydrogen-bond donors (Lipinski definition) is 1. The van der Waals surface area contributed by atoms with Crippen LogP contribution in [0.2, 0.25) is 0 Å². The predicted molar refractivity (Wildman–Crippen MR) is 125 cm³/mol. The normalized spacial score (nSPS) is 13.3. The molecule has 8 nitrogen and oxygen atoms in total. The topological polar surface area (TPSA) is 94.2 Å². The van der Waals surface area contributed by atoms with E-state index < -0.39 is 0 Å². The molecule has 1 fully saturated rings. The fourth-order valence-corrected chi connectivity index (χ4v) is 2.90. The molecule has 2 aromatic rings. The minimum absolute atomic E-state index is 0.200. The largest absolute Gasteiger partial charge is 0.488 e. The number of hydrogen-bond acceptors (Lipinski definition) is 7. The summed E-state index contributed by atoms with van der Waals surface area (Å²) in [7, 11) is 1.34. The highest BCUT2D eigenvalue weighted by Gasteiger charge is 2.22. The summed E-state index contributed by atoms with van der Waals surface area (Å²) in [5.74, 6) is 0.170. The van der Waals surface area contributed by atoms with Crippen molar-refractivity contribution in [2.45, 2.75) is 33.0 Å². The maximum Gasteiger partial charge on any atom is 0.410 e. The van der Waals surface area contributed by atoms with Crippen LogP contribution in [0.25, 0.3) is 0 Å². The van der Waals surface area contributed by atoms with E-state index in [1.807, 2.05) is 26.8 Å². The van der Waals surface area contributed by atoms with Gasteiger partial charge in [-0.3, -0.25) is 4.79 Å². The molecule has 0 unspecified atom stereocenters. The van der Waals surface area contributed by atoms with Gasteiger partial charge in [-0.25, -0.2) is 9.59 Å². The molecule has 0 atom stereocenters.